The fourth-order valence-corrected chi connectivity index (χ4v) is 4.02. The molecule has 5 aromatic carbocycles. The van der Waals surface area contributed by atoms with E-state index in [2.05, 4.69) is 34.8 Å². The van der Waals surface area contributed by atoms with Crippen molar-refractivity contribution in [1.29, 1.82) is 0 Å². The van der Waals surface area contributed by atoms with Gasteiger partial charge < -0.3 is 9.47 Å². The zero-order valence-corrected chi connectivity index (χ0v) is 19.3. The van der Waals surface area contributed by atoms with Gasteiger partial charge in [-0.3, -0.25) is 4.79 Å². The first-order valence-electron chi connectivity index (χ1n) is 11.3. The van der Waals surface area contributed by atoms with Gasteiger partial charge in [0.05, 0.1) is 13.3 Å². The summed E-state index contributed by atoms with van der Waals surface area (Å²) in [6.45, 7) is 0.400. The van der Waals surface area contributed by atoms with Crippen LogP contribution in [0.1, 0.15) is 21.5 Å². The molecule has 172 valence electrons. The lowest BCUT2D eigenvalue weighted by atomic mass is 10.1. The highest BCUT2D eigenvalue weighted by Gasteiger charge is 2.08. The topological polar surface area (TPSA) is 59.9 Å². The summed E-state index contributed by atoms with van der Waals surface area (Å²) in [6, 6.07) is 33.4. The number of ether oxygens (including phenoxy) is 2. The minimum Gasteiger partial charge on any atom is -0.493 e. The van der Waals surface area contributed by atoms with Gasteiger partial charge in [-0.05, 0) is 63.0 Å². The van der Waals surface area contributed by atoms with Gasteiger partial charge in [-0.15, -0.1) is 0 Å². The number of carbonyl (C=O) groups excluding carboxylic acids is 1. The van der Waals surface area contributed by atoms with Crippen LogP contribution < -0.4 is 14.9 Å². The summed E-state index contributed by atoms with van der Waals surface area (Å²) in [4.78, 5) is 12.5. The predicted molar refractivity (Wildman–Crippen MR) is 140 cm³/mol. The van der Waals surface area contributed by atoms with E-state index in [1.165, 1.54) is 5.39 Å². The summed E-state index contributed by atoms with van der Waals surface area (Å²) in [5.74, 6) is 0.959. The normalized spacial score (nSPS) is 11.1. The molecule has 0 bridgehead atoms. The average Bonchev–Trinajstić information content (AvgIpc) is 2.91. The smallest absolute Gasteiger partial charge is 0.271 e. The highest BCUT2D eigenvalue weighted by atomic mass is 16.5. The second-order valence-corrected chi connectivity index (χ2v) is 8.10. The van der Waals surface area contributed by atoms with Crippen molar-refractivity contribution < 1.29 is 14.3 Å². The van der Waals surface area contributed by atoms with Crippen LogP contribution >= 0.6 is 0 Å². The quantitative estimate of drug-likeness (QED) is 0.228. The van der Waals surface area contributed by atoms with Gasteiger partial charge in [0.2, 0.25) is 0 Å². The standard InChI is InChI=1S/C30H24N2O3/c1-34-28-16-13-21(17-29(28)35-20-26-11-6-10-23-8-4-5-12-27(23)26)19-31-32-30(33)25-15-14-22-7-2-3-9-24(22)18-25/h2-19H,20H2,1H3,(H,32,33)/b31-19-. The van der Waals surface area contributed by atoms with E-state index in [9.17, 15) is 4.79 Å². The second-order valence-electron chi connectivity index (χ2n) is 8.10. The molecule has 0 atom stereocenters. The van der Waals surface area contributed by atoms with Crippen molar-refractivity contribution in [3.8, 4) is 11.5 Å². The van der Waals surface area contributed by atoms with E-state index in [-0.39, 0.29) is 5.91 Å². The average molecular weight is 461 g/mol. The molecule has 5 heteroatoms. The third-order valence-corrected chi connectivity index (χ3v) is 5.84. The van der Waals surface area contributed by atoms with Gasteiger partial charge in [0, 0.05) is 5.56 Å². The summed E-state index contributed by atoms with van der Waals surface area (Å²) in [7, 11) is 1.61. The second kappa shape index (κ2) is 10.1. The van der Waals surface area contributed by atoms with E-state index >= 15 is 0 Å². The Morgan fingerprint density at radius 2 is 1.57 bits per heavy atom. The molecule has 35 heavy (non-hydrogen) atoms. The van der Waals surface area contributed by atoms with E-state index in [4.69, 9.17) is 9.47 Å². The highest BCUT2D eigenvalue weighted by Crippen LogP contribution is 2.29. The van der Waals surface area contributed by atoms with Crippen molar-refractivity contribution in [1.82, 2.24) is 5.43 Å². The number of nitrogens with one attached hydrogen (secondary N) is 1. The van der Waals surface area contributed by atoms with Crippen molar-refractivity contribution in [2.24, 2.45) is 5.10 Å². The van der Waals surface area contributed by atoms with Crippen molar-refractivity contribution >= 4 is 33.7 Å². The lowest BCUT2D eigenvalue weighted by molar-refractivity contribution is 0.0955. The Bertz CT molecular complexity index is 1540. The van der Waals surface area contributed by atoms with Crippen LogP contribution in [0.3, 0.4) is 0 Å². The SMILES string of the molecule is COc1ccc(/C=N\NC(=O)c2ccc3ccccc3c2)cc1OCc1cccc2ccccc12. The van der Waals surface area contributed by atoms with E-state index in [1.54, 1.807) is 19.4 Å². The molecular formula is C30H24N2O3. The number of carbonyl (C=O) groups is 1. The van der Waals surface area contributed by atoms with E-state index in [1.807, 2.05) is 72.8 Å². The molecule has 0 aliphatic rings. The Hall–Kier alpha value is -4.64. The van der Waals surface area contributed by atoms with Gasteiger partial charge in [0.1, 0.15) is 6.61 Å². The third kappa shape index (κ3) is 4.99. The maximum Gasteiger partial charge on any atom is 0.271 e. The van der Waals surface area contributed by atoms with Crippen molar-refractivity contribution in [2.45, 2.75) is 6.61 Å². The molecule has 0 fully saturated rings. The number of hydrogen-bond donors (Lipinski definition) is 1. The van der Waals surface area contributed by atoms with E-state index in [0.29, 0.717) is 23.7 Å². The number of hydrazone groups is 1. The van der Waals surface area contributed by atoms with Gasteiger partial charge in [-0.1, -0.05) is 72.8 Å². The summed E-state index contributed by atoms with van der Waals surface area (Å²) in [5.41, 5.74) is 5.01. The maximum atomic E-state index is 12.5. The zero-order valence-electron chi connectivity index (χ0n) is 19.3. The molecule has 0 aliphatic carbocycles. The number of methoxy groups -OCH3 is 1. The summed E-state index contributed by atoms with van der Waals surface area (Å²) in [6.07, 6.45) is 1.59. The first-order valence-corrected chi connectivity index (χ1v) is 11.3. The van der Waals surface area contributed by atoms with Gasteiger partial charge >= 0.3 is 0 Å². The van der Waals surface area contributed by atoms with Crippen molar-refractivity contribution in [3.63, 3.8) is 0 Å². The molecule has 5 aromatic rings. The number of nitrogens with zero attached hydrogens (tertiary/aromatic N) is 1. The first-order chi connectivity index (χ1) is 17.2. The molecule has 0 saturated carbocycles. The van der Waals surface area contributed by atoms with Gasteiger partial charge in [0.25, 0.3) is 5.91 Å². The van der Waals surface area contributed by atoms with Crippen LogP contribution in [0.15, 0.2) is 108 Å². The maximum absolute atomic E-state index is 12.5. The fourth-order valence-electron chi connectivity index (χ4n) is 4.02. The zero-order chi connectivity index (χ0) is 24.0. The van der Waals surface area contributed by atoms with Gasteiger partial charge in [0.15, 0.2) is 11.5 Å². The molecule has 1 N–H and O–H groups in total. The Morgan fingerprint density at radius 3 is 2.43 bits per heavy atom. The summed E-state index contributed by atoms with van der Waals surface area (Å²) < 4.78 is 11.6. The molecule has 0 saturated heterocycles. The molecule has 0 radical (unpaired) electrons. The molecule has 0 spiro atoms. The monoisotopic (exact) mass is 460 g/mol. The van der Waals surface area contributed by atoms with Crippen molar-refractivity contribution in [3.05, 3.63) is 120 Å². The van der Waals surface area contributed by atoms with Crippen LogP contribution in [-0.2, 0) is 6.61 Å². The Labute approximate surface area is 203 Å². The number of fused-ring (bicyclic) bond motifs is 2. The first kappa shape index (κ1) is 22.2. The third-order valence-electron chi connectivity index (χ3n) is 5.84. The lowest BCUT2D eigenvalue weighted by Crippen LogP contribution is -2.17. The van der Waals surface area contributed by atoms with Crippen LogP contribution in [0.5, 0.6) is 11.5 Å². The number of hydrogen-bond acceptors (Lipinski definition) is 4. The molecule has 5 rings (SSSR count). The molecule has 0 unspecified atom stereocenters. The highest BCUT2D eigenvalue weighted by molar-refractivity contribution is 5.99. The number of rotatable bonds is 7. The summed E-state index contributed by atoms with van der Waals surface area (Å²) in [5, 5.41) is 8.55. The number of amides is 1. The van der Waals surface area contributed by atoms with Crippen LogP contribution in [0.4, 0.5) is 0 Å². The lowest BCUT2D eigenvalue weighted by Gasteiger charge is -2.13. The minimum absolute atomic E-state index is 0.270. The van der Waals surface area contributed by atoms with Crippen LogP contribution in [0.2, 0.25) is 0 Å². The molecule has 0 aromatic heterocycles. The van der Waals surface area contributed by atoms with E-state index < -0.39 is 0 Å². The minimum atomic E-state index is -0.270. The number of benzene rings is 5. The predicted octanol–water partition coefficient (Wildman–Crippen LogP) is 6.34. The van der Waals surface area contributed by atoms with Crippen LogP contribution in [0.25, 0.3) is 21.5 Å². The molecule has 5 nitrogen and oxygen atoms in total. The molecule has 0 heterocycles. The van der Waals surface area contributed by atoms with Gasteiger partial charge in [-0.2, -0.15) is 5.10 Å². The molecule has 0 aliphatic heterocycles. The fraction of sp³-hybridized carbons (Fsp3) is 0.0667. The van der Waals surface area contributed by atoms with Crippen LogP contribution in [-0.4, -0.2) is 19.2 Å². The summed E-state index contributed by atoms with van der Waals surface area (Å²) >= 11 is 0. The van der Waals surface area contributed by atoms with Gasteiger partial charge in [-0.25, -0.2) is 5.43 Å². The van der Waals surface area contributed by atoms with Crippen LogP contribution in [0, 0.1) is 0 Å². The Balaban J connectivity index is 1.29. The largest absolute Gasteiger partial charge is 0.493 e. The Kier molecular flexibility index (Phi) is 6.39. The molecule has 1 amide bonds. The Morgan fingerprint density at radius 1 is 0.800 bits per heavy atom. The van der Waals surface area contributed by atoms with Crippen molar-refractivity contribution in [2.75, 3.05) is 7.11 Å². The molecular weight excluding hydrogens is 436 g/mol. The van der Waals surface area contributed by atoms with E-state index in [0.717, 1.165) is 27.3 Å².